The van der Waals surface area contributed by atoms with Crippen LogP contribution in [0.5, 0.6) is 0 Å². The lowest BCUT2D eigenvalue weighted by molar-refractivity contribution is 0.0954. The van der Waals surface area contributed by atoms with Crippen LogP contribution in [-0.2, 0) is 6.42 Å². The molecule has 0 radical (unpaired) electrons. The van der Waals surface area contributed by atoms with Gasteiger partial charge in [0, 0.05) is 17.1 Å². The quantitative estimate of drug-likeness (QED) is 0.448. The summed E-state index contributed by atoms with van der Waals surface area (Å²) in [5.74, 6) is -0.164. The molecule has 0 atom stereocenters. The first-order valence-electron chi connectivity index (χ1n) is 8.64. The molecule has 1 amide bonds. The van der Waals surface area contributed by atoms with E-state index in [4.69, 9.17) is 23.2 Å². The van der Waals surface area contributed by atoms with Crippen molar-refractivity contribution in [2.24, 2.45) is 0 Å². The van der Waals surface area contributed by atoms with Gasteiger partial charge in [-0.05, 0) is 47.7 Å². The summed E-state index contributed by atoms with van der Waals surface area (Å²) in [5, 5.41) is 5.94. The van der Waals surface area contributed by atoms with Crippen molar-refractivity contribution < 1.29 is 4.79 Å². The lowest BCUT2D eigenvalue weighted by Gasteiger charge is -2.08. The van der Waals surface area contributed by atoms with E-state index in [2.05, 4.69) is 15.3 Å². The second-order valence-corrected chi connectivity index (χ2v) is 7.85. The van der Waals surface area contributed by atoms with Crippen molar-refractivity contribution in [1.29, 1.82) is 0 Å². The maximum absolute atomic E-state index is 12.5. The second kappa shape index (κ2) is 8.27. The van der Waals surface area contributed by atoms with Crippen molar-refractivity contribution in [2.75, 3.05) is 6.54 Å². The average molecular weight is 428 g/mol. The van der Waals surface area contributed by atoms with Crippen LogP contribution in [0.4, 0.5) is 0 Å². The Balaban J connectivity index is 1.52. The zero-order valence-electron chi connectivity index (χ0n) is 14.7. The highest BCUT2D eigenvalue weighted by molar-refractivity contribution is 7.13. The van der Waals surface area contributed by atoms with Crippen LogP contribution in [0.25, 0.3) is 21.6 Å². The maximum Gasteiger partial charge on any atom is 0.251 e. The van der Waals surface area contributed by atoms with Crippen molar-refractivity contribution in [3.8, 4) is 10.6 Å². The molecular formula is C21H15Cl2N3OS. The minimum Gasteiger partial charge on any atom is -0.352 e. The third kappa shape index (κ3) is 4.02. The monoisotopic (exact) mass is 427 g/mol. The molecule has 0 unspecified atom stereocenters. The molecule has 0 bridgehead atoms. The van der Waals surface area contributed by atoms with E-state index < -0.39 is 0 Å². The number of hydrogen-bond donors (Lipinski definition) is 1. The molecule has 0 aliphatic carbocycles. The lowest BCUT2D eigenvalue weighted by Crippen LogP contribution is -2.25. The molecule has 4 nitrogen and oxygen atoms in total. The number of carbonyl (C=O) groups is 1. The van der Waals surface area contributed by atoms with Gasteiger partial charge in [-0.15, -0.1) is 11.3 Å². The van der Waals surface area contributed by atoms with Gasteiger partial charge in [-0.2, -0.15) is 0 Å². The van der Waals surface area contributed by atoms with Crippen LogP contribution in [0.3, 0.4) is 0 Å². The van der Waals surface area contributed by atoms with Crippen molar-refractivity contribution in [3.05, 3.63) is 81.3 Å². The van der Waals surface area contributed by atoms with Gasteiger partial charge in [0.25, 0.3) is 5.91 Å². The van der Waals surface area contributed by atoms with Crippen LogP contribution in [0.15, 0.2) is 60.0 Å². The fraction of sp³-hybridized carbons (Fsp3) is 0.0952. The first-order chi connectivity index (χ1) is 13.6. The Bertz CT molecular complexity index is 1150. The molecule has 0 saturated heterocycles. The third-order valence-electron chi connectivity index (χ3n) is 4.28. The normalized spacial score (nSPS) is 10.9. The zero-order valence-corrected chi connectivity index (χ0v) is 17.0. The highest BCUT2D eigenvalue weighted by Crippen LogP contribution is 2.30. The molecule has 0 saturated carbocycles. The summed E-state index contributed by atoms with van der Waals surface area (Å²) in [6, 6.07) is 16.7. The fourth-order valence-corrected chi connectivity index (χ4v) is 4.09. The largest absolute Gasteiger partial charge is 0.352 e. The SMILES string of the molecule is O=C(NCCc1ccccc1Cl)c1ccc2nc(Cl)c(-c3cccs3)nc2c1. The standard InChI is InChI=1S/C21H15Cl2N3OS/c22-15-5-2-1-4-13(15)9-10-24-21(27)14-7-8-16-17(12-14)25-19(20(23)26-16)18-6-3-11-28-18/h1-8,11-12H,9-10H2,(H,24,27). The van der Waals surface area contributed by atoms with Gasteiger partial charge < -0.3 is 5.32 Å². The van der Waals surface area contributed by atoms with Gasteiger partial charge in [0.2, 0.25) is 0 Å². The van der Waals surface area contributed by atoms with Crippen molar-refractivity contribution in [1.82, 2.24) is 15.3 Å². The predicted octanol–water partition coefficient (Wildman–Crippen LogP) is 5.64. The fourth-order valence-electron chi connectivity index (χ4n) is 2.86. The first-order valence-corrected chi connectivity index (χ1v) is 10.3. The number of rotatable bonds is 5. The van der Waals surface area contributed by atoms with Crippen molar-refractivity contribution in [3.63, 3.8) is 0 Å². The molecule has 28 heavy (non-hydrogen) atoms. The summed E-state index contributed by atoms with van der Waals surface area (Å²) in [6.45, 7) is 0.493. The molecule has 0 aliphatic rings. The van der Waals surface area contributed by atoms with Crippen LogP contribution in [-0.4, -0.2) is 22.4 Å². The Morgan fingerprint density at radius 3 is 2.64 bits per heavy atom. The number of halogens is 2. The first kappa shape index (κ1) is 18.9. The molecule has 0 spiro atoms. The summed E-state index contributed by atoms with van der Waals surface area (Å²) in [5.41, 5.74) is 3.44. The van der Waals surface area contributed by atoms with E-state index in [0.717, 1.165) is 10.4 Å². The Labute approximate surface area is 176 Å². The molecule has 1 N–H and O–H groups in total. The summed E-state index contributed by atoms with van der Waals surface area (Å²) >= 11 is 14.0. The number of carbonyl (C=O) groups excluding carboxylic acids is 1. The van der Waals surface area contributed by atoms with Crippen molar-refractivity contribution >= 4 is 51.5 Å². The smallest absolute Gasteiger partial charge is 0.251 e. The summed E-state index contributed by atoms with van der Waals surface area (Å²) in [4.78, 5) is 22.5. The molecular weight excluding hydrogens is 413 g/mol. The van der Waals surface area contributed by atoms with E-state index in [1.807, 2.05) is 41.8 Å². The predicted molar refractivity (Wildman–Crippen MR) is 115 cm³/mol. The minimum absolute atomic E-state index is 0.164. The number of fused-ring (bicyclic) bond motifs is 1. The van der Waals surface area contributed by atoms with Crippen LogP contribution in [0, 0.1) is 0 Å². The Kier molecular flexibility index (Phi) is 5.57. The maximum atomic E-state index is 12.5. The van der Waals surface area contributed by atoms with Gasteiger partial charge in [0.1, 0.15) is 5.69 Å². The lowest BCUT2D eigenvalue weighted by atomic mass is 10.1. The van der Waals surface area contributed by atoms with Gasteiger partial charge >= 0.3 is 0 Å². The molecule has 0 fully saturated rings. The molecule has 140 valence electrons. The van der Waals surface area contributed by atoms with Gasteiger partial charge in [-0.1, -0.05) is 47.5 Å². The number of nitrogens with zero attached hydrogens (tertiary/aromatic N) is 2. The van der Waals surface area contributed by atoms with Crippen LogP contribution >= 0.6 is 34.5 Å². The molecule has 4 rings (SSSR count). The Morgan fingerprint density at radius 1 is 1.00 bits per heavy atom. The molecule has 2 aromatic carbocycles. The van der Waals surface area contributed by atoms with E-state index in [1.165, 1.54) is 0 Å². The van der Waals surface area contributed by atoms with Crippen LogP contribution in [0.1, 0.15) is 15.9 Å². The van der Waals surface area contributed by atoms with E-state index in [-0.39, 0.29) is 5.91 Å². The number of aromatic nitrogens is 2. The van der Waals surface area contributed by atoms with E-state index in [0.29, 0.717) is 45.4 Å². The van der Waals surface area contributed by atoms with E-state index in [1.54, 1.807) is 29.5 Å². The molecule has 2 aromatic heterocycles. The van der Waals surface area contributed by atoms with Gasteiger partial charge in [0.15, 0.2) is 5.15 Å². The number of hydrogen-bond acceptors (Lipinski definition) is 4. The second-order valence-electron chi connectivity index (χ2n) is 6.14. The topological polar surface area (TPSA) is 54.9 Å². The molecule has 4 aromatic rings. The molecule has 7 heteroatoms. The molecule has 0 aliphatic heterocycles. The van der Waals surface area contributed by atoms with Gasteiger partial charge in [-0.25, -0.2) is 9.97 Å². The highest BCUT2D eigenvalue weighted by atomic mass is 35.5. The minimum atomic E-state index is -0.164. The van der Waals surface area contributed by atoms with Crippen LogP contribution in [0.2, 0.25) is 10.2 Å². The summed E-state index contributed by atoms with van der Waals surface area (Å²) in [6.07, 6.45) is 0.664. The Morgan fingerprint density at radius 2 is 1.86 bits per heavy atom. The van der Waals surface area contributed by atoms with E-state index >= 15 is 0 Å². The number of amides is 1. The summed E-state index contributed by atoms with van der Waals surface area (Å²) in [7, 11) is 0. The average Bonchev–Trinajstić information content (AvgIpc) is 3.23. The number of thiophene rings is 1. The Hall–Kier alpha value is -2.47. The highest BCUT2D eigenvalue weighted by Gasteiger charge is 2.13. The van der Waals surface area contributed by atoms with Crippen molar-refractivity contribution in [2.45, 2.75) is 6.42 Å². The van der Waals surface area contributed by atoms with Crippen LogP contribution < -0.4 is 5.32 Å². The summed E-state index contributed by atoms with van der Waals surface area (Å²) < 4.78 is 0. The number of nitrogens with one attached hydrogen (secondary N) is 1. The van der Waals surface area contributed by atoms with Gasteiger partial charge in [0.05, 0.1) is 15.9 Å². The number of benzene rings is 2. The third-order valence-corrected chi connectivity index (χ3v) is 5.79. The zero-order chi connectivity index (χ0) is 19.5. The van der Waals surface area contributed by atoms with E-state index in [9.17, 15) is 4.79 Å². The van der Waals surface area contributed by atoms with Gasteiger partial charge in [-0.3, -0.25) is 4.79 Å². The molecule has 2 heterocycles.